The summed E-state index contributed by atoms with van der Waals surface area (Å²) in [5.74, 6) is 1.62. The van der Waals surface area contributed by atoms with Gasteiger partial charge < -0.3 is 8.98 Å². The molecule has 3 unspecified atom stereocenters. The number of piperidine rings is 1. The van der Waals surface area contributed by atoms with Gasteiger partial charge in [0, 0.05) is 17.6 Å². The number of nitrogens with zero attached hydrogens (tertiary/aromatic N) is 3. The molecule has 1 aliphatic carbocycles. The number of oxazole rings is 1. The number of fused-ring (bicyclic) bond motifs is 3. The van der Waals surface area contributed by atoms with Crippen LogP contribution in [0.1, 0.15) is 60.6 Å². The molecule has 6 rings (SSSR count). The lowest BCUT2D eigenvalue weighted by atomic mass is 9.76. The van der Waals surface area contributed by atoms with Crippen LogP contribution in [0.2, 0.25) is 0 Å². The predicted molar refractivity (Wildman–Crippen MR) is 101 cm³/mol. The van der Waals surface area contributed by atoms with E-state index in [1.807, 2.05) is 6.92 Å². The van der Waals surface area contributed by atoms with Gasteiger partial charge in [0.25, 0.3) is 0 Å². The van der Waals surface area contributed by atoms with E-state index in [1.54, 1.807) is 17.5 Å². The van der Waals surface area contributed by atoms with E-state index in [0.29, 0.717) is 6.04 Å². The van der Waals surface area contributed by atoms with Gasteiger partial charge in [0.05, 0.1) is 11.7 Å². The fraction of sp³-hybridized carbons (Fsp3) is 0.500. The highest BCUT2D eigenvalue weighted by molar-refractivity contribution is 5.49. The second-order valence-corrected chi connectivity index (χ2v) is 8.28. The van der Waals surface area contributed by atoms with Gasteiger partial charge in [0.2, 0.25) is 5.89 Å². The maximum Gasteiger partial charge on any atom is 0.217 e. The first-order valence-corrected chi connectivity index (χ1v) is 10.1. The van der Waals surface area contributed by atoms with Crippen molar-refractivity contribution in [3.8, 4) is 0 Å². The average molecular weight is 347 g/mol. The summed E-state index contributed by atoms with van der Waals surface area (Å²) >= 11 is 0. The fourth-order valence-electron chi connectivity index (χ4n) is 5.87. The largest absolute Gasteiger partial charge is 0.446 e. The van der Waals surface area contributed by atoms with Gasteiger partial charge in [0.15, 0.2) is 0 Å². The zero-order valence-corrected chi connectivity index (χ0v) is 15.3. The van der Waals surface area contributed by atoms with E-state index in [0.717, 1.165) is 30.3 Å². The minimum atomic E-state index is 0.233. The average Bonchev–Trinajstić information content (AvgIpc) is 3.13. The number of aromatic nitrogens is 2. The van der Waals surface area contributed by atoms with Crippen molar-refractivity contribution >= 4 is 12.2 Å². The fourth-order valence-corrected chi connectivity index (χ4v) is 5.87. The Kier molecular flexibility index (Phi) is 3.16. The normalized spacial score (nSPS) is 29.3. The van der Waals surface area contributed by atoms with Gasteiger partial charge in [0.1, 0.15) is 12.3 Å². The molecule has 4 aliphatic rings. The van der Waals surface area contributed by atoms with E-state index in [1.165, 1.54) is 42.9 Å². The zero-order chi connectivity index (χ0) is 17.3. The van der Waals surface area contributed by atoms with Gasteiger partial charge in [-0.05, 0) is 68.3 Å². The number of aryl methyl sites for hydroxylation is 1. The third kappa shape index (κ3) is 1.96. The lowest BCUT2D eigenvalue weighted by Crippen LogP contribution is -2.48. The Morgan fingerprint density at radius 2 is 2.23 bits per heavy atom. The minimum absolute atomic E-state index is 0.233. The maximum absolute atomic E-state index is 5.93. The highest BCUT2D eigenvalue weighted by Gasteiger charge is 2.45. The molecule has 26 heavy (non-hydrogen) atoms. The Morgan fingerprint density at radius 3 is 3.12 bits per heavy atom. The van der Waals surface area contributed by atoms with Crippen molar-refractivity contribution in [2.24, 2.45) is 5.92 Å². The number of hydrogen-bond acceptors (Lipinski definition) is 3. The van der Waals surface area contributed by atoms with Gasteiger partial charge in [-0.2, -0.15) is 0 Å². The van der Waals surface area contributed by atoms with Crippen molar-refractivity contribution in [1.29, 1.82) is 0 Å². The third-order valence-corrected chi connectivity index (χ3v) is 6.83. The molecule has 3 atom stereocenters. The molecule has 134 valence electrons. The smallest absolute Gasteiger partial charge is 0.217 e. The van der Waals surface area contributed by atoms with Crippen molar-refractivity contribution < 1.29 is 4.42 Å². The van der Waals surface area contributed by atoms with Gasteiger partial charge in [-0.25, -0.2) is 4.98 Å². The standard InChI is InChI=1S/C22H25N3O/c1-14-13-26-22(23-14)19-12-15-6-5-10-24-11-9-17-16-7-3-2-4-8-18(16)25(19)21(17)20(15)24/h2,4,7-8,13,15,19-20H,3,5-6,9-12H2,1H3. The molecule has 0 aromatic carbocycles. The summed E-state index contributed by atoms with van der Waals surface area (Å²) in [6, 6.07) is 0.828. The molecule has 1 fully saturated rings. The quantitative estimate of drug-likeness (QED) is 0.795. The van der Waals surface area contributed by atoms with Crippen LogP contribution in [0.4, 0.5) is 0 Å². The van der Waals surface area contributed by atoms with Crippen molar-refractivity contribution in [3.63, 3.8) is 0 Å². The minimum Gasteiger partial charge on any atom is -0.446 e. The Morgan fingerprint density at radius 1 is 1.27 bits per heavy atom. The third-order valence-electron chi connectivity index (χ3n) is 6.83. The monoisotopic (exact) mass is 347 g/mol. The number of allylic oxidation sites excluding steroid dienone is 2. The molecule has 0 saturated carbocycles. The van der Waals surface area contributed by atoms with Crippen LogP contribution in [0.25, 0.3) is 12.2 Å². The first-order chi connectivity index (χ1) is 12.8. The Bertz CT molecular complexity index is 1020. The van der Waals surface area contributed by atoms with E-state index in [-0.39, 0.29) is 6.04 Å². The zero-order valence-electron chi connectivity index (χ0n) is 15.3. The molecule has 0 spiro atoms. The van der Waals surface area contributed by atoms with E-state index in [4.69, 9.17) is 9.40 Å². The second kappa shape index (κ2) is 5.46. The lowest BCUT2D eigenvalue weighted by Gasteiger charge is -2.49. The van der Waals surface area contributed by atoms with Gasteiger partial charge in [-0.3, -0.25) is 4.90 Å². The Labute approximate surface area is 153 Å². The Hall–Kier alpha value is -2.07. The highest BCUT2D eigenvalue weighted by atomic mass is 16.3. The van der Waals surface area contributed by atoms with E-state index in [2.05, 4.69) is 33.8 Å². The maximum atomic E-state index is 5.93. The van der Waals surface area contributed by atoms with Crippen LogP contribution >= 0.6 is 0 Å². The number of hydrogen-bond donors (Lipinski definition) is 0. The van der Waals surface area contributed by atoms with Gasteiger partial charge in [-0.1, -0.05) is 18.2 Å². The van der Waals surface area contributed by atoms with Crippen LogP contribution in [0.3, 0.4) is 0 Å². The molecule has 0 radical (unpaired) electrons. The summed E-state index contributed by atoms with van der Waals surface area (Å²) in [4.78, 5) is 7.50. The SMILES string of the molecule is Cc1coc(C2CC3CCCN4CCc5c(n2c2c5=CCC=CC=2)C34)n1. The van der Waals surface area contributed by atoms with Crippen LogP contribution in [-0.2, 0) is 6.42 Å². The summed E-state index contributed by atoms with van der Waals surface area (Å²) in [5.41, 5.74) is 4.15. The van der Waals surface area contributed by atoms with E-state index >= 15 is 0 Å². The van der Waals surface area contributed by atoms with Crippen LogP contribution in [-0.4, -0.2) is 27.5 Å². The van der Waals surface area contributed by atoms with Gasteiger partial charge in [-0.15, -0.1) is 0 Å². The molecular weight excluding hydrogens is 322 g/mol. The summed E-state index contributed by atoms with van der Waals surface area (Å²) in [7, 11) is 0. The van der Waals surface area contributed by atoms with Gasteiger partial charge >= 0.3 is 0 Å². The van der Waals surface area contributed by atoms with E-state index < -0.39 is 0 Å². The topological polar surface area (TPSA) is 34.2 Å². The summed E-state index contributed by atoms with van der Waals surface area (Å²) in [5, 5.41) is 2.85. The van der Waals surface area contributed by atoms with Crippen LogP contribution in [0, 0.1) is 12.8 Å². The molecule has 0 bridgehead atoms. The highest BCUT2D eigenvalue weighted by Crippen LogP contribution is 2.48. The molecule has 2 aromatic rings. The molecule has 0 amide bonds. The van der Waals surface area contributed by atoms with E-state index in [9.17, 15) is 0 Å². The molecule has 4 nitrogen and oxygen atoms in total. The predicted octanol–water partition coefficient (Wildman–Crippen LogP) is 2.61. The molecule has 5 heterocycles. The molecule has 2 aromatic heterocycles. The molecule has 0 N–H and O–H groups in total. The first kappa shape index (κ1) is 15.0. The first-order valence-electron chi connectivity index (χ1n) is 10.1. The second-order valence-electron chi connectivity index (χ2n) is 8.28. The summed E-state index contributed by atoms with van der Waals surface area (Å²) < 4.78 is 8.53. The van der Waals surface area contributed by atoms with Crippen molar-refractivity contribution in [3.05, 3.63) is 51.8 Å². The van der Waals surface area contributed by atoms with Crippen molar-refractivity contribution in [2.45, 2.75) is 51.1 Å². The van der Waals surface area contributed by atoms with Crippen LogP contribution in [0.5, 0.6) is 0 Å². The number of rotatable bonds is 1. The van der Waals surface area contributed by atoms with Crippen molar-refractivity contribution in [2.75, 3.05) is 13.1 Å². The Balaban J connectivity index is 1.67. The van der Waals surface area contributed by atoms with Crippen LogP contribution < -0.4 is 10.6 Å². The molecular formula is C22H25N3O. The van der Waals surface area contributed by atoms with Crippen LogP contribution in [0.15, 0.2) is 22.8 Å². The van der Waals surface area contributed by atoms with Crippen molar-refractivity contribution in [1.82, 2.24) is 14.5 Å². The lowest BCUT2D eigenvalue weighted by molar-refractivity contribution is 0.0467. The summed E-state index contributed by atoms with van der Waals surface area (Å²) in [6.45, 7) is 4.50. The molecule has 4 heteroatoms. The molecule has 1 saturated heterocycles. The summed E-state index contributed by atoms with van der Waals surface area (Å²) in [6.07, 6.45) is 17.0. The molecule has 3 aliphatic heterocycles.